The Labute approximate surface area is 149 Å². The summed E-state index contributed by atoms with van der Waals surface area (Å²) < 4.78 is 11.5. The zero-order valence-corrected chi connectivity index (χ0v) is 15.6. The van der Waals surface area contributed by atoms with Gasteiger partial charge in [0.05, 0.1) is 6.61 Å². The Balaban J connectivity index is 2.12. The van der Waals surface area contributed by atoms with Crippen molar-refractivity contribution in [3.05, 3.63) is 23.3 Å². The van der Waals surface area contributed by atoms with Crippen molar-refractivity contribution in [1.82, 2.24) is 10.6 Å². The van der Waals surface area contributed by atoms with E-state index in [2.05, 4.69) is 10.6 Å². The number of hydrogen-bond donors (Lipinski definition) is 2. The highest BCUT2D eigenvalue weighted by Crippen LogP contribution is 2.35. The Morgan fingerprint density at radius 2 is 2.08 bits per heavy atom. The predicted molar refractivity (Wildman–Crippen MR) is 95.7 cm³/mol. The van der Waals surface area contributed by atoms with E-state index in [-0.39, 0.29) is 23.8 Å². The monoisotopic (exact) mass is 348 g/mol. The van der Waals surface area contributed by atoms with Crippen molar-refractivity contribution in [2.24, 2.45) is 5.92 Å². The van der Waals surface area contributed by atoms with E-state index in [1.807, 2.05) is 39.8 Å². The van der Waals surface area contributed by atoms with Gasteiger partial charge in [0.1, 0.15) is 23.6 Å². The molecule has 1 aliphatic rings. The Kier molecular flexibility index (Phi) is 6.28. The zero-order chi connectivity index (χ0) is 18.6. The number of amides is 2. The molecule has 0 radical (unpaired) electrons. The van der Waals surface area contributed by atoms with Crippen LogP contribution in [0.1, 0.15) is 45.7 Å². The van der Waals surface area contributed by atoms with Crippen molar-refractivity contribution >= 4 is 11.8 Å². The summed E-state index contributed by atoms with van der Waals surface area (Å²) in [5.41, 5.74) is 2.00. The number of ether oxygens (including phenoxy) is 2. The van der Waals surface area contributed by atoms with Crippen LogP contribution in [0.3, 0.4) is 0 Å². The molecule has 0 aromatic heterocycles. The molecule has 0 unspecified atom stereocenters. The van der Waals surface area contributed by atoms with E-state index in [0.717, 1.165) is 29.0 Å². The summed E-state index contributed by atoms with van der Waals surface area (Å²) in [7, 11) is 0. The first kappa shape index (κ1) is 19.1. The maximum absolute atomic E-state index is 12.5. The van der Waals surface area contributed by atoms with Crippen LogP contribution in [0, 0.1) is 5.92 Å². The molecule has 1 heterocycles. The highest BCUT2D eigenvalue weighted by Gasteiger charge is 2.25. The van der Waals surface area contributed by atoms with Crippen LogP contribution >= 0.6 is 0 Å². The SMILES string of the molecule is CCOc1cc2c(cc1CNC(=O)[C@H](NC(C)=O)C(C)C)O[C@@H](C)C2. The molecule has 6 nitrogen and oxygen atoms in total. The van der Waals surface area contributed by atoms with Crippen LogP contribution in [0.15, 0.2) is 12.1 Å². The highest BCUT2D eigenvalue weighted by atomic mass is 16.5. The number of carbonyl (C=O) groups excluding carboxylic acids is 2. The van der Waals surface area contributed by atoms with Crippen LogP contribution in [-0.2, 0) is 22.6 Å². The molecule has 1 aromatic carbocycles. The van der Waals surface area contributed by atoms with Crippen LogP contribution in [0.2, 0.25) is 0 Å². The summed E-state index contributed by atoms with van der Waals surface area (Å²) >= 11 is 0. The fourth-order valence-electron chi connectivity index (χ4n) is 2.96. The molecule has 2 rings (SSSR count). The quantitative estimate of drug-likeness (QED) is 0.792. The Bertz CT molecular complexity index is 643. The first-order chi connectivity index (χ1) is 11.8. The average Bonchev–Trinajstić information content (AvgIpc) is 2.88. The van der Waals surface area contributed by atoms with E-state index < -0.39 is 6.04 Å². The molecule has 138 valence electrons. The van der Waals surface area contributed by atoms with Gasteiger partial charge < -0.3 is 20.1 Å². The second-order valence-electron chi connectivity index (χ2n) is 6.77. The van der Waals surface area contributed by atoms with Gasteiger partial charge in [-0.15, -0.1) is 0 Å². The van der Waals surface area contributed by atoms with E-state index in [4.69, 9.17) is 9.47 Å². The fourth-order valence-corrected chi connectivity index (χ4v) is 2.96. The number of rotatable bonds is 7. The molecular formula is C19H28N2O4. The molecule has 2 amide bonds. The van der Waals surface area contributed by atoms with Crippen molar-refractivity contribution in [2.45, 2.75) is 59.7 Å². The lowest BCUT2D eigenvalue weighted by Crippen LogP contribution is -2.48. The van der Waals surface area contributed by atoms with Gasteiger partial charge in [-0.2, -0.15) is 0 Å². The number of fused-ring (bicyclic) bond motifs is 1. The second-order valence-corrected chi connectivity index (χ2v) is 6.77. The summed E-state index contributed by atoms with van der Waals surface area (Å²) in [6.45, 7) is 10.0. The molecule has 1 aliphatic heterocycles. The van der Waals surface area contributed by atoms with Gasteiger partial charge in [-0.05, 0) is 31.9 Å². The zero-order valence-electron chi connectivity index (χ0n) is 15.6. The average molecular weight is 348 g/mol. The molecule has 0 fully saturated rings. The van der Waals surface area contributed by atoms with Gasteiger partial charge in [0.25, 0.3) is 0 Å². The molecule has 2 atom stereocenters. The summed E-state index contributed by atoms with van der Waals surface area (Å²) in [6.07, 6.45) is 1.01. The van der Waals surface area contributed by atoms with E-state index in [1.54, 1.807) is 0 Å². The fraction of sp³-hybridized carbons (Fsp3) is 0.579. The lowest BCUT2D eigenvalue weighted by atomic mass is 10.0. The number of hydrogen-bond acceptors (Lipinski definition) is 4. The maximum Gasteiger partial charge on any atom is 0.243 e. The number of nitrogens with one attached hydrogen (secondary N) is 2. The summed E-state index contributed by atoms with van der Waals surface area (Å²) in [5, 5.41) is 5.59. The molecular weight excluding hydrogens is 320 g/mol. The first-order valence-corrected chi connectivity index (χ1v) is 8.81. The molecule has 25 heavy (non-hydrogen) atoms. The molecule has 0 spiro atoms. The minimum Gasteiger partial charge on any atom is -0.494 e. The van der Waals surface area contributed by atoms with Gasteiger partial charge in [-0.25, -0.2) is 0 Å². The van der Waals surface area contributed by atoms with Gasteiger partial charge >= 0.3 is 0 Å². The minimum absolute atomic E-state index is 0.000495. The number of carbonyl (C=O) groups is 2. The van der Waals surface area contributed by atoms with Crippen molar-refractivity contribution in [1.29, 1.82) is 0 Å². The van der Waals surface area contributed by atoms with Crippen LogP contribution in [0.4, 0.5) is 0 Å². The minimum atomic E-state index is -0.557. The van der Waals surface area contributed by atoms with Crippen molar-refractivity contribution in [3.8, 4) is 11.5 Å². The Morgan fingerprint density at radius 3 is 2.68 bits per heavy atom. The summed E-state index contributed by atoms with van der Waals surface area (Å²) in [4.78, 5) is 23.8. The predicted octanol–water partition coefficient (Wildman–Crippen LogP) is 2.19. The lowest BCUT2D eigenvalue weighted by Gasteiger charge is -2.21. The van der Waals surface area contributed by atoms with E-state index in [9.17, 15) is 9.59 Å². The van der Waals surface area contributed by atoms with Crippen LogP contribution in [-0.4, -0.2) is 30.6 Å². The molecule has 0 saturated carbocycles. The topological polar surface area (TPSA) is 76.7 Å². The van der Waals surface area contributed by atoms with E-state index >= 15 is 0 Å². The third-order valence-electron chi connectivity index (χ3n) is 4.14. The third-order valence-corrected chi connectivity index (χ3v) is 4.14. The molecule has 2 N–H and O–H groups in total. The summed E-state index contributed by atoms with van der Waals surface area (Å²) in [5.74, 6) is 1.19. The standard InChI is InChI=1S/C19H28N2O4/c1-6-24-16-8-14-7-12(4)25-17(14)9-15(16)10-20-19(23)18(11(2)3)21-13(5)22/h8-9,11-12,18H,6-7,10H2,1-5H3,(H,20,23)(H,21,22)/t12-,18+/m0/s1. The van der Waals surface area contributed by atoms with Gasteiger partial charge in [0.15, 0.2) is 0 Å². The maximum atomic E-state index is 12.5. The molecule has 6 heteroatoms. The third kappa shape index (κ3) is 4.87. The van der Waals surface area contributed by atoms with E-state index in [1.165, 1.54) is 6.92 Å². The van der Waals surface area contributed by atoms with Crippen molar-refractivity contribution < 1.29 is 19.1 Å². The lowest BCUT2D eigenvalue weighted by molar-refractivity contribution is -0.129. The summed E-state index contributed by atoms with van der Waals surface area (Å²) in [6, 6.07) is 3.38. The van der Waals surface area contributed by atoms with Crippen molar-refractivity contribution in [2.75, 3.05) is 6.61 Å². The number of benzene rings is 1. The molecule has 0 aliphatic carbocycles. The smallest absolute Gasteiger partial charge is 0.243 e. The highest BCUT2D eigenvalue weighted by molar-refractivity contribution is 5.87. The largest absolute Gasteiger partial charge is 0.494 e. The van der Waals surface area contributed by atoms with E-state index in [0.29, 0.717) is 13.2 Å². The normalized spacial score (nSPS) is 16.8. The van der Waals surface area contributed by atoms with Gasteiger partial charge in [-0.1, -0.05) is 13.8 Å². The van der Waals surface area contributed by atoms with Crippen LogP contribution in [0.25, 0.3) is 0 Å². The second kappa shape index (κ2) is 8.23. The Morgan fingerprint density at radius 1 is 1.36 bits per heavy atom. The van der Waals surface area contributed by atoms with Gasteiger partial charge in [0.2, 0.25) is 11.8 Å². The van der Waals surface area contributed by atoms with Crippen LogP contribution < -0.4 is 20.1 Å². The van der Waals surface area contributed by atoms with Gasteiger partial charge in [0, 0.05) is 31.0 Å². The molecule has 0 bridgehead atoms. The van der Waals surface area contributed by atoms with Crippen LogP contribution in [0.5, 0.6) is 11.5 Å². The molecule has 0 saturated heterocycles. The van der Waals surface area contributed by atoms with Gasteiger partial charge in [-0.3, -0.25) is 9.59 Å². The molecule has 1 aromatic rings. The Hall–Kier alpha value is -2.24. The first-order valence-electron chi connectivity index (χ1n) is 8.81. The van der Waals surface area contributed by atoms with Crippen molar-refractivity contribution in [3.63, 3.8) is 0 Å².